The highest BCUT2D eigenvalue weighted by atomic mass is 16.7. The van der Waals surface area contributed by atoms with E-state index in [1.54, 1.807) is 0 Å². The minimum Gasteiger partial charge on any atom is -0.508 e. The summed E-state index contributed by atoms with van der Waals surface area (Å²) in [6.45, 7) is -1.09. The minimum absolute atomic E-state index is 0.00581. The molecule has 170 valence electrons. The van der Waals surface area contributed by atoms with Crippen LogP contribution in [0, 0.1) is 0 Å². The molecule has 0 bridgehead atoms. The van der Waals surface area contributed by atoms with Gasteiger partial charge in [0.2, 0.25) is 6.29 Å². The Morgan fingerprint density at radius 1 is 0.700 bits per heavy atom. The van der Waals surface area contributed by atoms with Gasteiger partial charge < -0.3 is 59.8 Å². The highest BCUT2D eigenvalue weighted by Crippen LogP contribution is 2.27. The SMILES string of the molecule is OC[C@H]1O[C@H](OC[C@H]2O[C@@H](Oc3ccc(O)cc3)[C@H](O)[C@@H](O)[C@@H]2O)[C@H](O)[C@@H](O)[C@@H]1O. The van der Waals surface area contributed by atoms with E-state index in [1.165, 1.54) is 24.3 Å². The molecule has 1 aromatic carbocycles. The van der Waals surface area contributed by atoms with Gasteiger partial charge in [0.1, 0.15) is 60.3 Å². The van der Waals surface area contributed by atoms with Gasteiger partial charge in [-0.05, 0) is 24.3 Å². The number of benzene rings is 1. The van der Waals surface area contributed by atoms with Crippen LogP contribution in [0.5, 0.6) is 11.5 Å². The molecule has 0 aromatic heterocycles. The molecule has 0 radical (unpaired) electrons. The first-order valence-corrected chi connectivity index (χ1v) is 9.30. The molecular formula is C18H26O12. The Hall–Kier alpha value is -1.58. The van der Waals surface area contributed by atoms with Crippen molar-refractivity contribution in [3.05, 3.63) is 24.3 Å². The molecule has 2 aliphatic heterocycles. The van der Waals surface area contributed by atoms with Gasteiger partial charge in [-0.2, -0.15) is 0 Å². The summed E-state index contributed by atoms with van der Waals surface area (Å²) in [4.78, 5) is 0. The molecule has 12 heteroatoms. The molecule has 12 nitrogen and oxygen atoms in total. The van der Waals surface area contributed by atoms with Crippen LogP contribution in [-0.4, -0.2) is 115 Å². The van der Waals surface area contributed by atoms with Crippen molar-refractivity contribution >= 4 is 0 Å². The normalized spacial score (nSPS) is 42.1. The summed E-state index contributed by atoms with van der Waals surface area (Å²) in [5.41, 5.74) is 0. The molecular weight excluding hydrogens is 408 g/mol. The minimum atomic E-state index is -1.65. The van der Waals surface area contributed by atoms with Crippen molar-refractivity contribution in [2.75, 3.05) is 13.2 Å². The van der Waals surface area contributed by atoms with E-state index in [-0.39, 0.29) is 11.5 Å². The van der Waals surface area contributed by atoms with E-state index in [9.17, 15) is 40.9 Å². The van der Waals surface area contributed by atoms with Gasteiger partial charge in [0.25, 0.3) is 0 Å². The fraction of sp³-hybridized carbons (Fsp3) is 0.667. The highest BCUT2D eigenvalue weighted by molar-refractivity contribution is 5.30. The van der Waals surface area contributed by atoms with Crippen molar-refractivity contribution in [1.29, 1.82) is 0 Å². The molecule has 3 rings (SSSR count). The van der Waals surface area contributed by atoms with Gasteiger partial charge in [0.15, 0.2) is 6.29 Å². The Morgan fingerprint density at radius 3 is 1.83 bits per heavy atom. The zero-order valence-corrected chi connectivity index (χ0v) is 15.7. The van der Waals surface area contributed by atoms with Crippen LogP contribution in [0.4, 0.5) is 0 Å². The van der Waals surface area contributed by atoms with Crippen LogP contribution < -0.4 is 4.74 Å². The van der Waals surface area contributed by atoms with Crippen LogP contribution in [0.25, 0.3) is 0 Å². The van der Waals surface area contributed by atoms with Gasteiger partial charge in [-0.25, -0.2) is 0 Å². The van der Waals surface area contributed by atoms with E-state index in [0.717, 1.165) is 0 Å². The summed E-state index contributed by atoms with van der Waals surface area (Å²) in [6.07, 6.45) is -14.9. The van der Waals surface area contributed by atoms with Gasteiger partial charge in [0.05, 0.1) is 13.2 Å². The van der Waals surface area contributed by atoms with Gasteiger partial charge >= 0.3 is 0 Å². The van der Waals surface area contributed by atoms with Crippen LogP contribution in [0.3, 0.4) is 0 Å². The van der Waals surface area contributed by atoms with Crippen molar-refractivity contribution in [3.8, 4) is 11.5 Å². The summed E-state index contributed by atoms with van der Waals surface area (Å²) in [5, 5.41) is 78.5. The molecule has 10 atom stereocenters. The molecule has 0 unspecified atom stereocenters. The fourth-order valence-electron chi connectivity index (χ4n) is 3.21. The van der Waals surface area contributed by atoms with Gasteiger partial charge in [0, 0.05) is 0 Å². The molecule has 2 saturated heterocycles. The Bertz CT molecular complexity index is 670. The predicted molar refractivity (Wildman–Crippen MR) is 95.1 cm³/mol. The molecule has 0 spiro atoms. The first kappa shape index (κ1) is 23.1. The summed E-state index contributed by atoms with van der Waals surface area (Å²) >= 11 is 0. The number of rotatable bonds is 6. The zero-order valence-electron chi connectivity index (χ0n) is 15.7. The highest BCUT2D eigenvalue weighted by Gasteiger charge is 2.47. The Labute approximate surface area is 171 Å². The van der Waals surface area contributed by atoms with E-state index >= 15 is 0 Å². The van der Waals surface area contributed by atoms with E-state index in [0.29, 0.717) is 0 Å². The van der Waals surface area contributed by atoms with Gasteiger partial charge in [-0.15, -0.1) is 0 Å². The number of aliphatic hydroxyl groups excluding tert-OH is 7. The van der Waals surface area contributed by atoms with Crippen molar-refractivity contribution in [2.45, 2.75) is 61.4 Å². The second-order valence-electron chi connectivity index (χ2n) is 7.16. The number of hydrogen-bond acceptors (Lipinski definition) is 12. The molecule has 2 heterocycles. The van der Waals surface area contributed by atoms with Crippen molar-refractivity contribution in [2.24, 2.45) is 0 Å². The number of ether oxygens (including phenoxy) is 4. The standard InChI is InChI=1S/C18H26O12/c19-5-9-11(21)13(23)15(25)17(29-9)27-6-10-12(22)14(24)16(26)18(30-10)28-8-3-1-7(20)2-4-8/h1-4,9-26H,5-6H2/t9-,10-,11-,12-,13+,14+,15-,16-,17+,18-/m1/s1. The van der Waals surface area contributed by atoms with Gasteiger partial charge in [-0.3, -0.25) is 0 Å². The Kier molecular flexibility index (Phi) is 7.47. The lowest BCUT2D eigenvalue weighted by atomic mass is 9.98. The van der Waals surface area contributed by atoms with Crippen LogP contribution in [-0.2, 0) is 14.2 Å². The number of phenolic OH excluding ortho intramolecular Hbond substituents is 1. The van der Waals surface area contributed by atoms with Crippen molar-refractivity contribution < 1.29 is 59.8 Å². The van der Waals surface area contributed by atoms with Gasteiger partial charge in [-0.1, -0.05) is 0 Å². The zero-order chi connectivity index (χ0) is 22.0. The predicted octanol–water partition coefficient (Wildman–Crippen LogP) is -3.60. The summed E-state index contributed by atoms with van der Waals surface area (Å²) in [6, 6.07) is 5.50. The van der Waals surface area contributed by atoms with Crippen LogP contribution in [0.15, 0.2) is 24.3 Å². The Balaban J connectivity index is 1.63. The first-order chi connectivity index (χ1) is 14.2. The number of phenols is 1. The summed E-state index contributed by atoms with van der Waals surface area (Å²) < 4.78 is 21.5. The third-order valence-electron chi connectivity index (χ3n) is 5.03. The molecule has 0 saturated carbocycles. The maximum Gasteiger partial charge on any atom is 0.229 e. The largest absolute Gasteiger partial charge is 0.508 e. The average molecular weight is 434 g/mol. The molecule has 1 aromatic rings. The summed E-state index contributed by atoms with van der Waals surface area (Å²) in [5.74, 6) is 0.211. The lowest BCUT2D eigenvalue weighted by molar-refractivity contribution is -0.323. The monoisotopic (exact) mass is 434 g/mol. The quantitative estimate of drug-likeness (QED) is 0.219. The second kappa shape index (κ2) is 9.70. The fourth-order valence-corrected chi connectivity index (χ4v) is 3.21. The molecule has 2 fully saturated rings. The lowest BCUT2D eigenvalue weighted by Gasteiger charge is -2.42. The smallest absolute Gasteiger partial charge is 0.229 e. The number of aromatic hydroxyl groups is 1. The average Bonchev–Trinajstić information content (AvgIpc) is 2.74. The van der Waals surface area contributed by atoms with E-state index < -0.39 is 74.6 Å². The van der Waals surface area contributed by atoms with Crippen molar-refractivity contribution in [3.63, 3.8) is 0 Å². The lowest BCUT2D eigenvalue weighted by Crippen LogP contribution is -2.62. The summed E-state index contributed by atoms with van der Waals surface area (Å²) in [7, 11) is 0. The van der Waals surface area contributed by atoms with E-state index in [4.69, 9.17) is 18.9 Å². The number of aliphatic hydroxyl groups is 7. The molecule has 0 amide bonds. The maximum absolute atomic E-state index is 10.2. The maximum atomic E-state index is 10.2. The third kappa shape index (κ3) is 4.84. The van der Waals surface area contributed by atoms with E-state index in [2.05, 4.69) is 0 Å². The topological polar surface area (TPSA) is 199 Å². The number of hydrogen-bond donors (Lipinski definition) is 8. The first-order valence-electron chi connectivity index (χ1n) is 9.30. The van der Waals surface area contributed by atoms with Crippen LogP contribution in [0.1, 0.15) is 0 Å². The third-order valence-corrected chi connectivity index (χ3v) is 5.03. The molecule has 0 aliphatic carbocycles. The molecule has 30 heavy (non-hydrogen) atoms. The second-order valence-corrected chi connectivity index (χ2v) is 7.16. The van der Waals surface area contributed by atoms with E-state index in [1.807, 2.05) is 0 Å². The van der Waals surface area contributed by atoms with Crippen molar-refractivity contribution in [1.82, 2.24) is 0 Å². The van der Waals surface area contributed by atoms with Crippen LogP contribution >= 0.6 is 0 Å². The molecule has 2 aliphatic rings. The van der Waals surface area contributed by atoms with Crippen LogP contribution in [0.2, 0.25) is 0 Å². The molecule has 8 N–H and O–H groups in total. The Morgan fingerprint density at radius 2 is 1.23 bits per heavy atom.